The highest BCUT2D eigenvalue weighted by Crippen LogP contribution is 2.36. The largest absolute Gasteiger partial charge is 0.324 e. The normalized spacial score (nSPS) is 21.6. The fraction of sp³-hybridized carbons (Fsp3) is 1.00. The lowest BCUT2D eigenvalue weighted by Crippen LogP contribution is -2.53. The molecule has 0 aromatic heterocycles. The van der Waals surface area contributed by atoms with Crippen molar-refractivity contribution >= 4 is 24.2 Å². The molecule has 4 heteroatoms. The van der Waals surface area contributed by atoms with Gasteiger partial charge in [-0.25, -0.2) is 0 Å². The van der Waals surface area contributed by atoms with E-state index in [-0.39, 0.29) is 17.9 Å². The molecule has 0 bridgehead atoms. The number of nitrogens with two attached hydrogens (primary N) is 1. The summed E-state index contributed by atoms with van der Waals surface area (Å²) in [5.41, 5.74) is 6.03. The summed E-state index contributed by atoms with van der Waals surface area (Å²) in [6, 6.07) is 0. The second kappa shape index (κ2) is 6.48. The first-order valence-corrected chi connectivity index (χ1v) is 7.04. The molecule has 0 spiro atoms. The third-order valence-corrected chi connectivity index (χ3v) is 4.95. The lowest BCUT2D eigenvalue weighted by atomic mass is 9.99. The second-order valence-corrected chi connectivity index (χ2v) is 7.00. The number of hydrogen-bond acceptors (Lipinski definition) is 3. The number of halogens is 1. The zero-order valence-electron chi connectivity index (χ0n) is 11.1. The van der Waals surface area contributed by atoms with Gasteiger partial charge in [0, 0.05) is 35.7 Å². The summed E-state index contributed by atoms with van der Waals surface area (Å²) >= 11 is 2.16. The van der Waals surface area contributed by atoms with Crippen LogP contribution in [0.4, 0.5) is 0 Å². The number of hydrogen-bond donors (Lipinski definition) is 1. The van der Waals surface area contributed by atoms with Crippen LogP contribution in [-0.4, -0.2) is 40.6 Å². The highest BCUT2D eigenvalue weighted by Gasteiger charge is 2.34. The summed E-state index contributed by atoms with van der Waals surface area (Å²) in [7, 11) is 0. The Morgan fingerprint density at radius 2 is 1.88 bits per heavy atom. The molecule has 0 unspecified atom stereocenters. The molecule has 1 fully saturated rings. The van der Waals surface area contributed by atoms with Crippen LogP contribution in [0.5, 0.6) is 0 Å². The molecule has 0 saturated carbocycles. The Hall–Kier alpha value is 0.560. The van der Waals surface area contributed by atoms with Gasteiger partial charge in [-0.1, -0.05) is 13.8 Å². The van der Waals surface area contributed by atoms with E-state index >= 15 is 0 Å². The maximum absolute atomic E-state index is 6.09. The van der Waals surface area contributed by atoms with E-state index in [0.29, 0.717) is 4.75 Å². The summed E-state index contributed by atoms with van der Waals surface area (Å²) in [6.45, 7) is 12.3. The van der Waals surface area contributed by atoms with Crippen LogP contribution in [0.25, 0.3) is 0 Å². The third kappa shape index (κ3) is 4.82. The minimum absolute atomic E-state index is 0. The molecule has 1 saturated heterocycles. The summed E-state index contributed by atoms with van der Waals surface area (Å²) in [4.78, 5) is 2.55. The second-order valence-electron chi connectivity index (χ2n) is 5.44. The molecule has 2 N–H and O–H groups in total. The van der Waals surface area contributed by atoms with E-state index in [0.717, 1.165) is 6.54 Å². The van der Waals surface area contributed by atoms with E-state index in [9.17, 15) is 0 Å². The molecule has 1 rings (SSSR count). The molecule has 98 valence electrons. The first-order chi connectivity index (χ1) is 6.91. The van der Waals surface area contributed by atoms with Gasteiger partial charge in [-0.05, 0) is 26.7 Å². The van der Waals surface area contributed by atoms with E-state index in [1.165, 1.54) is 31.7 Å². The lowest BCUT2D eigenvalue weighted by molar-refractivity contribution is 0.203. The quantitative estimate of drug-likeness (QED) is 0.849. The van der Waals surface area contributed by atoms with Crippen molar-refractivity contribution in [1.82, 2.24) is 4.90 Å². The van der Waals surface area contributed by atoms with E-state index in [1.807, 2.05) is 0 Å². The van der Waals surface area contributed by atoms with E-state index < -0.39 is 0 Å². The first-order valence-electron chi connectivity index (χ1n) is 6.06. The number of thioether (sulfide) groups is 1. The molecule has 0 amide bonds. The Morgan fingerprint density at radius 1 is 1.31 bits per heavy atom. The Balaban J connectivity index is 0.00000225. The van der Waals surface area contributed by atoms with Gasteiger partial charge in [0.1, 0.15) is 0 Å². The molecular formula is C12H27ClN2S. The van der Waals surface area contributed by atoms with Gasteiger partial charge in [0.25, 0.3) is 0 Å². The molecule has 16 heavy (non-hydrogen) atoms. The van der Waals surface area contributed by atoms with Crippen molar-refractivity contribution in [1.29, 1.82) is 0 Å². The van der Waals surface area contributed by atoms with Crippen LogP contribution in [0.15, 0.2) is 0 Å². The molecule has 0 atom stereocenters. The summed E-state index contributed by atoms with van der Waals surface area (Å²) in [6.07, 6.45) is 2.55. The SMILES string of the molecule is CCC1(CC)CN(CC(C)(C)N)CCS1.Cl. The van der Waals surface area contributed by atoms with Crippen molar-refractivity contribution in [3.8, 4) is 0 Å². The zero-order valence-corrected chi connectivity index (χ0v) is 12.7. The van der Waals surface area contributed by atoms with Gasteiger partial charge < -0.3 is 5.73 Å². The van der Waals surface area contributed by atoms with Crippen molar-refractivity contribution < 1.29 is 0 Å². The van der Waals surface area contributed by atoms with Crippen LogP contribution in [-0.2, 0) is 0 Å². The summed E-state index contributed by atoms with van der Waals surface area (Å²) < 4.78 is 0.490. The van der Waals surface area contributed by atoms with Gasteiger partial charge in [-0.2, -0.15) is 11.8 Å². The van der Waals surface area contributed by atoms with Crippen molar-refractivity contribution in [2.24, 2.45) is 5.73 Å². The third-order valence-electron chi connectivity index (χ3n) is 3.25. The van der Waals surface area contributed by atoms with Crippen LogP contribution < -0.4 is 5.73 Å². The number of nitrogens with zero attached hydrogens (tertiary/aromatic N) is 1. The van der Waals surface area contributed by atoms with Crippen LogP contribution in [0.1, 0.15) is 40.5 Å². The maximum atomic E-state index is 6.09. The minimum Gasteiger partial charge on any atom is -0.324 e. The van der Waals surface area contributed by atoms with Gasteiger partial charge in [-0.3, -0.25) is 4.90 Å². The molecule has 0 aromatic carbocycles. The van der Waals surface area contributed by atoms with Gasteiger partial charge >= 0.3 is 0 Å². The fourth-order valence-electron chi connectivity index (χ4n) is 2.31. The Labute approximate surface area is 111 Å². The molecule has 0 aromatic rings. The Bertz CT molecular complexity index is 200. The summed E-state index contributed by atoms with van der Waals surface area (Å²) in [5.74, 6) is 1.26. The molecule has 1 aliphatic rings. The molecule has 0 radical (unpaired) electrons. The summed E-state index contributed by atoms with van der Waals surface area (Å²) in [5, 5.41) is 0. The van der Waals surface area contributed by atoms with Gasteiger partial charge in [0.15, 0.2) is 0 Å². The molecule has 1 aliphatic heterocycles. The van der Waals surface area contributed by atoms with Gasteiger partial charge in [-0.15, -0.1) is 12.4 Å². The predicted molar refractivity (Wildman–Crippen MR) is 77.7 cm³/mol. The van der Waals surface area contributed by atoms with E-state index in [2.05, 4.69) is 44.4 Å². The van der Waals surface area contributed by atoms with Crippen LogP contribution in [0.3, 0.4) is 0 Å². The number of rotatable bonds is 4. The monoisotopic (exact) mass is 266 g/mol. The smallest absolute Gasteiger partial charge is 0.0282 e. The van der Waals surface area contributed by atoms with Crippen LogP contribution >= 0.6 is 24.2 Å². The van der Waals surface area contributed by atoms with Crippen LogP contribution in [0, 0.1) is 0 Å². The highest BCUT2D eigenvalue weighted by atomic mass is 35.5. The van der Waals surface area contributed by atoms with E-state index in [1.54, 1.807) is 0 Å². The molecule has 2 nitrogen and oxygen atoms in total. The molecular weight excluding hydrogens is 240 g/mol. The van der Waals surface area contributed by atoms with Gasteiger partial charge in [0.2, 0.25) is 0 Å². The van der Waals surface area contributed by atoms with Crippen molar-refractivity contribution in [2.75, 3.05) is 25.4 Å². The van der Waals surface area contributed by atoms with E-state index in [4.69, 9.17) is 5.73 Å². The highest BCUT2D eigenvalue weighted by molar-refractivity contribution is 8.00. The Kier molecular flexibility index (Phi) is 6.71. The van der Waals surface area contributed by atoms with Crippen molar-refractivity contribution in [3.05, 3.63) is 0 Å². The fourth-order valence-corrected chi connectivity index (χ4v) is 3.78. The van der Waals surface area contributed by atoms with Crippen LogP contribution in [0.2, 0.25) is 0 Å². The topological polar surface area (TPSA) is 29.3 Å². The minimum atomic E-state index is -0.0603. The lowest BCUT2D eigenvalue weighted by Gasteiger charge is -2.43. The average Bonchev–Trinajstić information content (AvgIpc) is 2.15. The standard InChI is InChI=1S/C12H26N2S.ClH/c1-5-12(6-2)10-14(7-8-15-12)9-11(3,4)13;/h5-10,13H2,1-4H3;1H. The first kappa shape index (κ1) is 16.6. The van der Waals surface area contributed by atoms with Crippen molar-refractivity contribution in [3.63, 3.8) is 0 Å². The molecule has 0 aliphatic carbocycles. The predicted octanol–water partition coefficient (Wildman–Crippen LogP) is 2.75. The van der Waals surface area contributed by atoms with Crippen molar-refractivity contribution in [2.45, 2.75) is 50.8 Å². The molecule has 1 heterocycles. The maximum Gasteiger partial charge on any atom is 0.0282 e. The zero-order chi connectivity index (χ0) is 11.5. The average molecular weight is 267 g/mol. The Morgan fingerprint density at radius 3 is 2.31 bits per heavy atom. The van der Waals surface area contributed by atoms with Gasteiger partial charge in [0.05, 0.1) is 0 Å².